The first-order valence-electron chi connectivity index (χ1n) is 10.3. The molecule has 0 aromatic heterocycles. The summed E-state index contributed by atoms with van der Waals surface area (Å²) in [5.41, 5.74) is 0.655. The molecule has 3 rings (SSSR count). The second-order valence-electron chi connectivity index (χ2n) is 9.72. The number of hydrogen-bond donors (Lipinski definition) is 1. The molecular weight excluding hydrogens is 352 g/mol. The molecule has 2 fully saturated rings. The molecule has 1 saturated carbocycles. The summed E-state index contributed by atoms with van der Waals surface area (Å²) in [6.45, 7) is 4.78. The van der Waals surface area contributed by atoms with Crippen LogP contribution in [-0.2, 0) is 15.1 Å². The van der Waals surface area contributed by atoms with Crippen molar-refractivity contribution < 1.29 is 14.7 Å². The zero-order chi connectivity index (χ0) is 20.6. The van der Waals surface area contributed by atoms with E-state index in [-0.39, 0.29) is 16.9 Å². The van der Waals surface area contributed by atoms with Crippen molar-refractivity contribution in [2.75, 3.05) is 27.2 Å². The number of benzene rings is 1. The molecule has 2 aliphatic rings. The molecule has 28 heavy (non-hydrogen) atoms. The van der Waals surface area contributed by atoms with E-state index in [0.717, 1.165) is 32.2 Å². The Kier molecular flexibility index (Phi) is 5.59. The van der Waals surface area contributed by atoms with Crippen LogP contribution >= 0.6 is 0 Å². The van der Waals surface area contributed by atoms with Crippen molar-refractivity contribution in [1.29, 1.82) is 0 Å². The van der Waals surface area contributed by atoms with Crippen LogP contribution in [0.25, 0.3) is 0 Å². The Bertz CT molecular complexity index is 719. The summed E-state index contributed by atoms with van der Waals surface area (Å²) < 4.78 is 0. The van der Waals surface area contributed by atoms with Gasteiger partial charge in [0.1, 0.15) is 0 Å². The minimum atomic E-state index is -0.801. The van der Waals surface area contributed by atoms with E-state index in [0.29, 0.717) is 19.4 Å². The fraction of sp³-hybridized carbons (Fsp3) is 0.652. The van der Waals surface area contributed by atoms with E-state index >= 15 is 0 Å². The van der Waals surface area contributed by atoms with Crippen molar-refractivity contribution in [3.63, 3.8) is 0 Å². The molecule has 1 spiro atoms. The van der Waals surface area contributed by atoms with Gasteiger partial charge in [-0.1, -0.05) is 30.3 Å². The maximum absolute atomic E-state index is 12.7. The second-order valence-corrected chi connectivity index (χ2v) is 9.72. The average Bonchev–Trinajstić information content (AvgIpc) is 2.96. The molecular formula is C23H34N2O3. The molecule has 154 valence electrons. The normalized spacial score (nSPS) is 28.3. The number of carboxylic acids is 1. The zero-order valence-electron chi connectivity index (χ0n) is 17.7. The topological polar surface area (TPSA) is 60.9 Å². The quantitative estimate of drug-likeness (QED) is 0.809. The van der Waals surface area contributed by atoms with Gasteiger partial charge in [-0.3, -0.25) is 14.5 Å². The number of carboxylic acid groups (broad SMARTS) is 1. The van der Waals surface area contributed by atoms with Gasteiger partial charge >= 0.3 is 5.97 Å². The van der Waals surface area contributed by atoms with E-state index in [1.165, 1.54) is 5.56 Å². The van der Waals surface area contributed by atoms with Gasteiger partial charge in [0.25, 0.3) is 0 Å². The fourth-order valence-corrected chi connectivity index (χ4v) is 4.98. The van der Waals surface area contributed by atoms with Crippen molar-refractivity contribution in [2.45, 2.75) is 57.9 Å². The van der Waals surface area contributed by atoms with E-state index < -0.39 is 11.4 Å². The van der Waals surface area contributed by atoms with Crippen LogP contribution < -0.4 is 0 Å². The Morgan fingerprint density at radius 1 is 1.14 bits per heavy atom. The minimum absolute atomic E-state index is 0.0360. The first kappa shape index (κ1) is 20.8. The molecule has 1 saturated heterocycles. The molecule has 1 N–H and O–H groups in total. The van der Waals surface area contributed by atoms with E-state index in [2.05, 4.69) is 49.3 Å². The fourth-order valence-electron chi connectivity index (χ4n) is 4.98. The predicted molar refractivity (Wildman–Crippen MR) is 110 cm³/mol. The average molecular weight is 387 g/mol. The third-order valence-corrected chi connectivity index (χ3v) is 7.30. The van der Waals surface area contributed by atoms with E-state index in [9.17, 15) is 14.7 Å². The lowest BCUT2D eigenvalue weighted by Crippen LogP contribution is -2.47. The third kappa shape index (κ3) is 3.82. The lowest BCUT2D eigenvalue weighted by atomic mass is 9.64. The highest BCUT2D eigenvalue weighted by Crippen LogP contribution is 2.52. The van der Waals surface area contributed by atoms with E-state index in [1.54, 1.807) is 13.8 Å². The van der Waals surface area contributed by atoms with Crippen LogP contribution in [0.1, 0.15) is 57.9 Å². The smallest absolute Gasteiger partial charge is 0.309 e. The van der Waals surface area contributed by atoms with E-state index in [4.69, 9.17) is 0 Å². The van der Waals surface area contributed by atoms with Crippen LogP contribution in [0.3, 0.4) is 0 Å². The lowest BCUT2D eigenvalue weighted by molar-refractivity contribution is -0.148. The SMILES string of the molecule is CN(C)C1(c2ccccc2)CCC2(CC1)CC(=O)N(CCC(C)(C)C(=O)O)C2. The summed E-state index contributed by atoms with van der Waals surface area (Å²) in [5, 5.41) is 9.33. The Labute approximate surface area is 168 Å². The molecule has 1 heterocycles. The van der Waals surface area contributed by atoms with Gasteiger partial charge in [-0.15, -0.1) is 0 Å². The summed E-state index contributed by atoms with van der Waals surface area (Å²) in [4.78, 5) is 28.3. The van der Waals surface area contributed by atoms with Gasteiger partial charge < -0.3 is 10.0 Å². The number of carbonyl (C=O) groups excluding carboxylic acids is 1. The largest absolute Gasteiger partial charge is 0.481 e. The molecule has 5 heteroatoms. The highest BCUT2D eigenvalue weighted by molar-refractivity contribution is 5.79. The summed E-state index contributed by atoms with van der Waals surface area (Å²) in [6.07, 6.45) is 5.27. The van der Waals surface area contributed by atoms with Crippen LogP contribution in [0.15, 0.2) is 30.3 Å². The van der Waals surface area contributed by atoms with Crippen molar-refractivity contribution in [3.05, 3.63) is 35.9 Å². The minimum Gasteiger partial charge on any atom is -0.481 e. The summed E-state index contributed by atoms with van der Waals surface area (Å²) >= 11 is 0. The van der Waals surface area contributed by atoms with Gasteiger partial charge in [-0.05, 0) is 71.0 Å². The number of rotatable bonds is 6. The molecule has 1 aromatic rings. The third-order valence-electron chi connectivity index (χ3n) is 7.30. The highest BCUT2D eigenvalue weighted by atomic mass is 16.4. The molecule has 0 atom stereocenters. The van der Waals surface area contributed by atoms with Crippen LogP contribution in [0.2, 0.25) is 0 Å². The molecule has 0 bridgehead atoms. The number of amides is 1. The van der Waals surface area contributed by atoms with Crippen LogP contribution in [0, 0.1) is 10.8 Å². The number of carbonyl (C=O) groups is 2. The summed E-state index contributed by atoms with van der Waals surface area (Å²) in [7, 11) is 4.32. The van der Waals surface area contributed by atoms with Crippen LogP contribution in [-0.4, -0.2) is 54.0 Å². The van der Waals surface area contributed by atoms with Crippen molar-refractivity contribution in [1.82, 2.24) is 9.80 Å². The molecule has 0 unspecified atom stereocenters. The standard InChI is InChI=1S/C23H34N2O3/c1-21(2,20(27)28)14-15-25-17-22(16-19(25)26)10-12-23(13-11-22,24(3)4)18-8-6-5-7-9-18/h5-9H,10-17H2,1-4H3,(H,27,28). The molecule has 1 aliphatic carbocycles. The van der Waals surface area contributed by atoms with Gasteiger partial charge in [0, 0.05) is 25.0 Å². The Morgan fingerprint density at radius 3 is 2.29 bits per heavy atom. The molecule has 5 nitrogen and oxygen atoms in total. The number of aliphatic carboxylic acids is 1. The van der Waals surface area contributed by atoms with Gasteiger partial charge in [0.15, 0.2) is 0 Å². The first-order chi connectivity index (χ1) is 13.1. The van der Waals surface area contributed by atoms with Gasteiger partial charge in [0.2, 0.25) is 5.91 Å². The maximum Gasteiger partial charge on any atom is 0.309 e. The molecule has 0 radical (unpaired) electrons. The van der Waals surface area contributed by atoms with Crippen LogP contribution in [0.5, 0.6) is 0 Å². The first-order valence-corrected chi connectivity index (χ1v) is 10.3. The maximum atomic E-state index is 12.7. The lowest BCUT2D eigenvalue weighted by Gasteiger charge is -2.49. The summed E-state index contributed by atoms with van der Waals surface area (Å²) in [5.74, 6) is -0.608. The van der Waals surface area contributed by atoms with E-state index in [1.807, 2.05) is 4.90 Å². The van der Waals surface area contributed by atoms with Gasteiger partial charge in [-0.2, -0.15) is 0 Å². The number of nitrogens with zero attached hydrogens (tertiary/aromatic N) is 2. The summed E-state index contributed by atoms with van der Waals surface area (Å²) in [6, 6.07) is 10.7. The Morgan fingerprint density at radius 2 is 1.75 bits per heavy atom. The highest BCUT2D eigenvalue weighted by Gasteiger charge is 2.50. The zero-order valence-corrected chi connectivity index (χ0v) is 17.7. The van der Waals surface area contributed by atoms with Gasteiger partial charge in [-0.25, -0.2) is 0 Å². The van der Waals surface area contributed by atoms with Crippen molar-refractivity contribution in [3.8, 4) is 0 Å². The molecule has 1 aliphatic heterocycles. The van der Waals surface area contributed by atoms with Crippen molar-refractivity contribution >= 4 is 11.9 Å². The second kappa shape index (κ2) is 7.51. The predicted octanol–water partition coefficient (Wildman–Crippen LogP) is 3.74. The number of hydrogen-bond acceptors (Lipinski definition) is 3. The van der Waals surface area contributed by atoms with Crippen LogP contribution in [0.4, 0.5) is 0 Å². The number of likely N-dealkylation sites (tertiary alicyclic amines) is 1. The Balaban J connectivity index is 1.68. The van der Waals surface area contributed by atoms with Gasteiger partial charge in [0.05, 0.1) is 5.41 Å². The van der Waals surface area contributed by atoms with Crippen molar-refractivity contribution in [2.24, 2.45) is 10.8 Å². The monoisotopic (exact) mass is 386 g/mol. The Hall–Kier alpha value is -1.88. The molecule has 1 aromatic carbocycles. The molecule has 1 amide bonds.